The third-order valence-electron chi connectivity index (χ3n) is 2.36. The van der Waals surface area contributed by atoms with E-state index in [-0.39, 0.29) is 6.03 Å². The SMILES string of the molecule is Cc1ccc(NC(=O)N2CC2)cc1N=C=O. The number of aryl methyl sites for hydroxylation is 1. The molecule has 0 unspecified atom stereocenters. The molecule has 5 nitrogen and oxygen atoms in total. The van der Waals surface area contributed by atoms with Crippen LogP contribution in [0.3, 0.4) is 0 Å². The van der Waals surface area contributed by atoms with Crippen molar-refractivity contribution in [3.63, 3.8) is 0 Å². The lowest BCUT2D eigenvalue weighted by atomic mass is 10.2. The van der Waals surface area contributed by atoms with Gasteiger partial charge in [0.25, 0.3) is 0 Å². The van der Waals surface area contributed by atoms with Gasteiger partial charge in [-0.1, -0.05) is 6.07 Å². The van der Waals surface area contributed by atoms with Gasteiger partial charge in [0.1, 0.15) is 0 Å². The Morgan fingerprint density at radius 3 is 2.88 bits per heavy atom. The fraction of sp³-hybridized carbons (Fsp3) is 0.273. The van der Waals surface area contributed by atoms with Crippen molar-refractivity contribution in [1.29, 1.82) is 0 Å². The summed E-state index contributed by atoms with van der Waals surface area (Å²) < 4.78 is 0. The number of rotatable bonds is 2. The highest BCUT2D eigenvalue weighted by Gasteiger charge is 2.23. The molecular weight excluding hydrogens is 206 g/mol. The van der Waals surface area contributed by atoms with Crippen LogP contribution in [-0.2, 0) is 4.79 Å². The summed E-state index contributed by atoms with van der Waals surface area (Å²) >= 11 is 0. The summed E-state index contributed by atoms with van der Waals surface area (Å²) in [5.74, 6) is 0. The van der Waals surface area contributed by atoms with Gasteiger partial charge in [0.05, 0.1) is 5.69 Å². The first kappa shape index (κ1) is 10.4. The van der Waals surface area contributed by atoms with Crippen LogP contribution in [-0.4, -0.2) is 30.1 Å². The number of hydrogen-bond acceptors (Lipinski definition) is 3. The molecule has 2 amide bonds. The number of amides is 2. The Kier molecular flexibility index (Phi) is 2.70. The standard InChI is InChI=1S/C11H11N3O2/c1-8-2-3-9(6-10(8)12-7-15)13-11(16)14-4-5-14/h2-3,6H,4-5H2,1H3,(H,13,16). The molecule has 0 atom stereocenters. The predicted octanol–water partition coefficient (Wildman–Crippen LogP) is 1.81. The number of benzene rings is 1. The molecule has 1 saturated heterocycles. The molecule has 0 saturated carbocycles. The van der Waals surface area contributed by atoms with Gasteiger partial charge in [0, 0.05) is 18.8 Å². The quantitative estimate of drug-likeness (QED) is 0.466. The molecule has 1 aromatic carbocycles. The van der Waals surface area contributed by atoms with E-state index in [0.29, 0.717) is 11.4 Å². The number of hydrogen-bond donors (Lipinski definition) is 1. The van der Waals surface area contributed by atoms with Crippen molar-refractivity contribution in [2.45, 2.75) is 6.92 Å². The Bertz CT molecular complexity index is 474. The van der Waals surface area contributed by atoms with Gasteiger partial charge in [0.15, 0.2) is 0 Å². The minimum atomic E-state index is -0.120. The molecule has 1 aliphatic heterocycles. The maximum Gasteiger partial charge on any atom is 0.321 e. The highest BCUT2D eigenvalue weighted by Crippen LogP contribution is 2.23. The molecule has 1 N–H and O–H groups in total. The molecule has 2 rings (SSSR count). The zero-order valence-corrected chi connectivity index (χ0v) is 8.86. The second kappa shape index (κ2) is 4.16. The molecule has 0 radical (unpaired) electrons. The molecule has 1 aliphatic rings. The minimum Gasteiger partial charge on any atom is -0.321 e. The van der Waals surface area contributed by atoms with Crippen molar-refractivity contribution in [2.24, 2.45) is 4.99 Å². The van der Waals surface area contributed by atoms with E-state index in [1.165, 1.54) is 6.08 Å². The normalized spacial score (nSPS) is 12.9. The smallest absolute Gasteiger partial charge is 0.321 e. The average Bonchev–Trinajstić information content (AvgIpc) is 3.07. The first-order valence-corrected chi connectivity index (χ1v) is 4.95. The van der Waals surface area contributed by atoms with Crippen LogP contribution < -0.4 is 5.32 Å². The lowest BCUT2D eigenvalue weighted by molar-refractivity contribution is 0.242. The van der Waals surface area contributed by atoms with Crippen LogP contribution in [0.25, 0.3) is 0 Å². The van der Waals surface area contributed by atoms with E-state index in [1.807, 2.05) is 6.92 Å². The zero-order chi connectivity index (χ0) is 11.5. The summed E-state index contributed by atoms with van der Waals surface area (Å²) in [6.45, 7) is 3.44. The number of aliphatic imine (C=N–C) groups is 1. The number of urea groups is 1. The van der Waals surface area contributed by atoms with Gasteiger partial charge in [-0.3, -0.25) is 0 Å². The van der Waals surface area contributed by atoms with Gasteiger partial charge >= 0.3 is 6.03 Å². The molecule has 0 aromatic heterocycles. The van der Waals surface area contributed by atoms with Crippen molar-refractivity contribution in [3.05, 3.63) is 23.8 Å². The Labute approximate surface area is 92.8 Å². The number of nitrogens with one attached hydrogen (secondary N) is 1. The molecule has 5 heteroatoms. The second-order valence-corrected chi connectivity index (χ2v) is 3.62. The molecule has 0 spiro atoms. The zero-order valence-electron chi connectivity index (χ0n) is 8.86. The number of isocyanates is 1. The third-order valence-corrected chi connectivity index (χ3v) is 2.36. The Balaban J connectivity index is 2.17. The maximum atomic E-state index is 11.4. The first-order valence-electron chi connectivity index (χ1n) is 4.95. The van der Waals surface area contributed by atoms with Gasteiger partial charge in [-0.25, -0.2) is 9.59 Å². The highest BCUT2D eigenvalue weighted by atomic mass is 16.2. The van der Waals surface area contributed by atoms with E-state index in [9.17, 15) is 9.59 Å². The van der Waals surface area contributed by atoms with Crippen LogP contribution in [0, 0.1) is 6.92 Å². The fourth-order valence-corrected chi connectivity index (χ4v) is 1.31. The van der Waals surface area contributed by atoms with E-state index >= 15 is 0 Å². The lowest BCUT2D eigenvalue weighted by Crippen LogP contribution is -2.18. The molecule has 1 heterocycles. The number of carbonyl (C=O) groups is 1. The summed E-state index contributed by atoms with van der Waals surface area (Å²) in [7, 11) is 0. The highest BCUT2D eigenvalue weighted by molar-refractivity contribution is 5.91. The van der Waals surface area contributed by atoms with E-state index < -0.39 is 0 Å². The lowest BCUT2D eigenvalue weighted by Gasteiger charge is -2.07. The minimum absolute atomic E-state index is 0.120. The van der Waals surface area contributed by atoms with Gasteiger partial charge in [0.2, 0.25) is 6.08 Å². The van der Waals surface area contributed by atoms with Crippen molar-refractivity contribution in [3.8, 4) is 0 Å². The monoisotopic (exact) mass is 217 g/mol. The van der Waals surface area contributed by atoms with Crippen molar-refractivity contribution >= 4 is 23.5 Å². The summed E-state index contributed by atoms with van der Waals surface area (Å²) in [5, 5.41) is 2.73. The topological polar surface area (TPSA) is 61.5 Å². The van der Waals surface area contributed by atoms with E-state index in [0.717, 1.165) is 18.7 Å². The molecule has 16 heavy (non-hydrogen) atoms. The van der Waals surface area contributed by atoms with Crippen LogP contribution in [0.5, 0.6) is 0 Å². The summed E-state index contributed by atoms with van der Waals surface area (Å²) in [5.41, 5.74) is 2.03. The molecule has 1 aromatic rings. The Morgan fingerprint density at radius 1 is 1.50 bits per heavy atom. The molecular formula is C11H11N3O2. The van der Waals surface area contributed by atoms with Crippen LogP contribution in [0.2, 0.25) is 0 Å². The third kappa shape index (κ3) is 2.27. The van der Waals surface area contributed by atoms with Crippen molar-refractivity contribution in [2.75, 3.05) is 18.4 Å². The Hall–Kier alpha value is -2.13. The molecule has 82 valence electrons. The number of anilines is 1. The van der Waals surface area contributed by atoms with Crippen LogP contribution in [0.4, 0.5) is 16.2 Å². The van der Waals surface area contributed by atoms with Crippen LogP contribution in [0.1, 0.15) is 5.56 Å². The van der Waals surface area contributed by atoms with E-state index in [2.05, 4.69) is 10.3 Å². The van der Waals surface area contributed by atoms with Gasteiger partial charge < -0.3 is 10.2 Å². The number of nitrogens with zero attached hydrogens (tertiary/aromatic N) is 2. The summed E-state index contributed by atoms with van der Waals surface area (Å²) in [6.07, 6.45) is 1.49. The average molecular weight is 217 g/mol. The van der Waals surface area contributed by atoms with Gasteiger partial charge in [-0.2, -0.15) is 4.99 Å². The van der Waals surface area contributed by atoms with Crippen LogP contribution >= 0.6 is 0 Å². The Morgan fingerprint density at radius 2 is 2.25 bits per heavy atom. The van der Waals surface area contributed by atoms with Crippen molar-refractivity contribution < 1.29 is 9.59 Å². The maximum absolute atomic E-state index is 11.4. The van der Waals surface area contributed by atoms with E-state index in [1.54, 1.807) is 23.1 Å². The first-order chi connectivity index (χ1) is 7.70. The van der Waals surface area contributed by atoms with Gasteiger partial charge in [-0.15, -0.1) is 0 Å². The van der Waals surface area contributed by atoms with E-state index in [4.69, 9.17) is 0 Å². The predicted molar refractivity (Wildman–Crippen MR) is 59.6 cm³/mol. The van der Waals surface area contributed by atoms with Crippen molar-refractivity contribution in [1.82, 2.24) is 4.90 Å². The largest absolute Gasteiger partial charge is 0.321 e. The molecule has 0 aliphatic carbocycles. The number of carbonyl (C=O) groups excluding carboxylic acids is 2. The molecule has 1 fully saturated rings. The second-order valence-electron chi connectivity index (χ2n) is 3.62. The fourth-order valence-electron chi connectivity index (χ4n) is 1.31. The summed E-state index contributed by atoms with van der Waals surface area (Å²) in [4.78, 5) is 26.9. The van der Waals surface area contributed by atoms with Crippen LogP contribution in [0.15, 0.2) is 23.2 Å². The molecule has 0 bridgehead atoms. The summed E-state index contributed by atoms with van der Waals surface area (Å²) in [6, 6.07) is 5.11. The van der Waals surface area contributed by atoms with Gasteiger partial charge in [-0.05, 0) is 24.6 Å².